The quantitative estimate of drug-likeness (QED) is 0.680. The number of morpholine rings is 1. The number of carbonyl (C=O) groups is 1. The Labute approximate surface area is 168 Å². The van der Waals surface area contributed by atoms with Crippen LogP contribution in [0, 0.1) is 0 Å². The van der Waals surface area contributed by atoms with Gasteiger partial charge in [0.2, 0.25) is 0 Å². The first kappa shape index (κ1) is 17.6. The van der Waals surface area contributed by atoms with Crippen LogP contribution in [0.5, 0.6) is 0 Å². The van der Waals surface area contributed by atoms with Crippen LogP contribution >= 0.6 is 11.3 Å². The molecule has 1 amide bonds. The first-order valence-electron chi connectivity index (χ1n) is 9.84. The molecule has 0 N–H and O–H groups in total. The van der Waals surface area contributed by atoms with Crippen LogP contribution in [0.2, 0.25) is 0 Å². The number of ether oxygens (including phenoxy) is 1. The van der Waals surface area contributed by atoms with Gasteiger partial charge in [0.05, 0.1) is 30.0 Å². The van der Waals surface area contributed by atoms with Crippen LogP contribution < -0.4 is 4.90 Å². The van der Waals surface area contributed by atoms with Gasteiger partial charge in [-0.3, -0.25) is 9.78 Å². The van der Waals surface area contributed by atoms with Crippen LogP contribution in [-0.2, 0) is 4.74 Å². The molecule has 28 heavy (non-hydrogen) atoms. The fraction of sp³-hybridized carbons (Fsp3) is 0.364. The normalized spacial score (nSPS) is 20.1. The minimum absolute atomic E-state index is 0.166. The Hall–Kier alpha value is -2.44. The molecule has 5 nitrogen and oxygen atoms in total. The molecule has 0 saturated carbocycles. The maximum atomic E-state index is 13.4. The number of hydrogen-bond donors (Lipinski definition) is 0. The topological polar surface area (TPSA) is 45.7 Å². The molecule has 1 aromatic carbocycles. The zero-order valence-electron chi connectivity index (χ0n) is 15.7. The number of thiophene rings is 1. The van der Waals surface area contributed by atoms with Gasteiger partial charge in [-0.2, -0.15) is 0 Å². The Morgan fingerprint density at radius 3 is 2.79 bits per heavy atom. The molecule has 2 aliphatic rings. The Bertz CT molecular complexity index is 982. The minimum atomic E-state index is 0.166. The molecule has 0 bridgehead atoms. The van der Waals surface area contributed by atoms with Crippen LogP contribution in [0.15, 0.2) is 48.8 Å². The number of amides is 1. The smallest absolute Gasteiger partial charge is 0.264 e. The SMILES string of the molecule is O=C(c1sc2ccccc2c1[C@H]1CCN(c2cccnc2)C1)N1CCOCC1. The number of fused-ring (bicyclic) bond motifs is 1. The highest BCUT2D eigenvalue weighted by Gasteiger charge is 2.32. The summed E-state index contributed by atoms with van der Waals surface area (Å²) in [6.07, 6.45) is 4.79. The number of benzene rings is 1. The fourth-order valence-electron chi connectivity index (χ4n) is 4.31. The van der Waals surface area contributed by atoms with Crippen molar-refractivity contribution in [2.45, 2.75) is 12.3 Å². The van der Waals surface area contributed by atoms with E-state index in [-0.39, 0.29) is 5.91 Å². The molecular formula is C22H23N3O2S. The molecule has 5 rings (SSSR count). The highest BCUT2D eigenvalue weighted by molar-refractivity contribution is 7.21. The molecule has 2 aliphatic heterocycles. The van der Waals surface area contributed by atoms with Gasteiger partial charge in [0, 0.05) is 43.0 Å². The van der Waals surface area contributed by atoms with Gasteiger partial charge in [-0.1, -0.05) is 18.2 Å². The van der Waals surface area contributed by atoms with Crippen molar-refractivity contribution in [2.75, 3.05) is 44.3 Å². The molecule has 2 aromatic heterocycles. The van der Waals surface area contributed by atoms with E-state index in [1.165, 1.54) is 15.6 Å². The maximum Gasteiger partial charge on any atom is 0.264 e. The average Bonchev–Trinajstić information content (AvgIpc) is 3.39. The molecule has 4 heterocycles. The summed E-state index contributed by atoms with van der Waals surface area (Å²) in [6.45, 7) is 4.54. The molecule has 0 radical (unpaired) electrons. The lowest BCUT2D eigenvalue weighted by atomic mass is 9.94. The Morgan fingerprint density at radius 1 is 1.11 bits per heavy atom. The fourth-order valence-corrected chi connectivity index (χ4v) is 5.57. The van der Waals surface area contributed by atoms with Crippen LogP contribution in [0.1, 0.15) is 27.6 Å². The van der Waals surface area contributed by atoms with Crippen LogP contribution in [0.4, 0.5) is 5.69 Å². The van der Waals surface area contributed by atoms with Crippen molar-refractivity contribution in [3.63, 3.8) is 0 Å². The van der Waals surface area contributed by atoms with E-state index in [9.17, 15) is 4.79 Å². The van der Waals surface area contributed by atoms with E-state index in [1.807, 2.05) is 23.4 Å². The zero-order chi connectivity index (χ0) is 18.9. The summed E-state index contributed by atoms with van der Waals surface area (Å²) < 4.78 is 6.64. The lowest BCUT2D eigenvalue weighted by Gasteiger charge is -2.27. The molecule has 0 aliphatic carbocycles. The second kappa shape index (κ2) is 7.53. The minimum Gasteiger partial charge on any atom is -0.378 e. The monoisotopic (exact) mass is 393 g/mol. The van der Waals surface area contributed by atoms with E-state index in [2.05, 4.69) is 40.2 Å². The molecule has 2 saturated heterocycles. The van der Waals surface area contributed by atoms with Gasteiger partial charge in [0.15, 0.2) is 0 Å². The highest BCUT2D eigenvalue weighted by atomic mass is 32.1. The van der Waals surface area contributed by atoms with Gasteiger partial charge in [-0.15, -0.1) is 11.3 Å². The van der Waals surface area contributed by atoms with E-state index in [1.54, 1.807) is 11.3 Å². The Morgan fingerprint density at radius 2 is 1.96 bits per heavy atom. The van der Waals surface area contributed by atoms with Crippen molar-refractivity contribution in [3.05, 3.63) is 59.2 Å². The average molecular weight is 394 g/mol. The first-order chi connectivity index (χ1) is 13.8. The van der Waals surface area contributed by atoms with Crippen molar-refractivity contribution in [2.24, 2.45) is 0 Å². The lowest BCUT2D eigenvalue weighted by molar-refractivity contribution is 0.0305. The molecule has 144 valence electrons. The number of aromatic nitrogens is 1. The highest BCUT2D eigenvalue weighted by Crippen LogP contribution is 2.41. The van der Waals surface area contributed by atoms with Gasteiger partial charge in [-0.25, -0.2) is 0 Å². The summed E-state index contributed by atoms with van der Waals surface area (Å²) >= 11 is 1.65. The third kappa shape index (κ3) is 3.16. The van der Waals surface area contributed by atoms with E-state index in [0.717, 1.165) is 30.1 Å². The van der Waals surface area contributed by atoms with Crippen LogP contribution in [0.3, 0.4) is 0 Å². The molecular weight excluding hydrogens is 370 g/mol. The molecule has 2 fully saturated rings. The van der Waals surface area contributed by atoms with E-state index in [4.69, 9.17) is 4.74 Å². The molecule has 6 heteroatoms. The second-order valence-corrected chi connectivity index (χ2v) is 8.44. The van der Waals surface area contributed by atoms with Crippen molar-refractivity contribution >= 4 is 33.0 Å². The summed E-state index contributed by atoms with van der Waals surface area (Å²) in [4.78, 5) is 22.9. The van der Waals surface area contributed by atoms with Gasteiger partial charge >= 0.3 is 0 Å². The standard InChI is InChI=1S/C22H23N3O2S/c26-22(24-10-12-27-13-11-24)21-20(18-5-1-2-6-19(18)28-21)16-7-9-25(15-16)17-4-3-8-23-14-17/h1-6,8,14,16H,7,9-13,15H2/t16-/m0/s1. The lowest BCUT2D eigenvalue weighted by Crippen LogP contribution is -2.40. The number of anilines is 1. The molecule has 0 unspecified atom stereocenters. The number of carbonyl (C=O) groups excluding carboxylic acids is 1. The van der Waals surface area contributed by atoms with Crippen molar-refractivity contribution in [1.29, 1.82) is 0 Å². The molecule has 3 aromatic rings. The Balaban J connectivity index is 1.50. The van der Waals surface area contributed by atoms with E-state index < -0.39 is 0 Å². The predicted molar refractivity (Wildman–Crippen MR) is 112 cm³/mol. The summed E-state index contributed by atoms with van der Waals surface area (Å²) in [7, 11) is 0. The zero-order valence-corrected chi connectivity index (χ0v) is 16.5. The first-order valence-corrected chi connectivity index (χ1v) is 10.7. The molecule has 1 atom stereocenters. The number of pyridine rings is 1. The van der Waals surface area contributed by atoms with Crippen molar-refractivity contribution in [3.8, 4) is 0 Å². The predicted octanol–water partition coefficient (Wildman–Crippen LogP) is 3.76. The van der Waals surface area contributed by atoms with Gasteiger partial charge < -0.3 is 14.5 Å². The number of nitrogens with zero attached hydrogens (tertiary/aromatic N) is 3. The number of rotatable bonds is 3. The summed E-state index contributed by atoms with van der Waals surface area (Å²) in [6, 6.07) is 12.5. The number of hydrogen-bond acceptors (Lipinski definition) is 5. The summed E-state index contributed by atoms with van der Waals surface area (Å²) in [5, 5.41) is 1.24. The molecule has 0 spiro atoms. The maximum absolute atomic E-state index is 13.4. The summed E-state index contributed by atoms with van der Waals surface area (Å²) in [5.74, 6) is 0.524. The third-order valence-corrected chi connectivity index (χ3v) is 6.91. The van der Waals surface area contributed by atoms with Gasteiger partial charge in [0.1, 0.15) is 0 Å². The summed E-state index contributed by atoms with van der Waals surface area (Å²) in [5.41, 5.74) is 2.40. The van der Waals surface area contributed by atoms with Crippen molar-refractivity contribution in [1.82, 2.24) is 9.88 Å². The Kier molecular flexibility index (Phi) is 4.74. The largest absolute Gasteiger partial charge is 0.378 e. The third-order valence-electron chi connectivity index (χ3n) is 5.73. The van der Waals surface area contributed by atoms with Crippen LogP contribution in [-0.4, -0.2) is 55.2 Å². The van der Waals surface area contributed by atoms with E-state index in [0.29, 0.717) is 32.2 Å². The van der Waals surface area contributed by atoms with Crippen LogP contribution in [0.25, 0.3) is 10.1 Å². The second-order valence-electron chi connectivity index (χ2n) is 7.39. The van der Waals surface area contributed by atoms with Crippen molar-refractivity contribution < 1.29 is 9.53 Å². The van der Waals surface area contributed by atoms with Gasteiger partial charge in [-0.05, 0) is 35.6 Å². The van der Waals surface area contributed by atoms with E-state index >= 15 is 0 Å². The van der Waals surface area contributed by atoms with Gasteiger partial charge in [0.25, 0.3) is 5.91 Å².